The van der Waals surface area contributed by atoms with Crippen LogP contribution in [-0.4, -0.2) is 23.5 Å². The summed E-state index contributed by atoms with van der Waals surface area (Å²) in [4.78, 5) is 22.9. The van der Waals surface area contributed by atoms with Crippen LogP contribution in [0.4, 0.5) is 5.69 Å². The second-order valence-corrected chi connectivity index (χ2v) is 5.52. The summed E-state index contributed by atoms with van der Waals surface area (Å²) >= 11 is 6.05. The normalized spacial score (nSPS) is 10.7. The molecule has 0 unspecified atom stereocenters. The molecule has 0 aromatic heterocycles. The summed E-state index contributed by atoms with van der Waals surface area (Å²) < 4.78 is 5.13. The number of nitrogens with two attached hydrogens (primary N) is 1. The molecular formula is C18H14ClN3O4. The van der Waals surface area contributed by atoms with Gasteiger partial charge in [-0.1, -0.05) is 17.7 Å². The van der Waals surface area contributed by atoms with Crippen LogP contribution < -0.4 is 15.8 Å². The smallest absolute Gasteiger partial charge is 0.266 e. The number of primary amides is 1. The number of rotatable bonds is 6. The molecule has 2 rings (SSSR count). The van der Waals surface area contributed by atoms with Crippen molar-refractivity contribution in [3.8, 4) is 17.6 Å². The lowest BCUT2D eigenvalue weighted by Gasteiger charge is -2.07. The van der Waals surface area contributed by atoms with Gasteiger partial charge in [-0.2, -0.15) is 5.26 Å². The summed E-state index contributed by atoms with van der Waals surface area (Å²) in [5, 5.41) is 21.2. The third-order valence-corrected chi connectivity index (χ3v) is 3.42. The van der Waals surface area contributed by atoms with Gasteiger partial charge in [-0.25, -0.2) is 0 Å². The highest BCUT2D eigenvalue weighted by Crippen LogP contribution is 2.26. The van der Waals surface area contributed by atoms with Gasteiger partial charge in [0, 0.05) is 5.69 Å². The van der Waals surface area contributed by atoms with E-state index in [-0.39, 0.29) is 28.7 Å². The first kappa shape index (κ1) is 18.8. The van der Waals surface area contributed by atoms with Gasteiger partial charge in [0.25, 0.3) is 11.8 Å². The summed E-state index contributed by atoms with van der Waals surface area (Å²) in [6, 6.07) is 12.2. The molecule has 0 aliphatic heterocycles. The highest BCUT2D eigenvalue weighted by atomic mass is 35.5. The van der Waals surface area contributed by atoms with Crippen LogP contribution in [-0.2, 0) is 9.59 Å². The molecule has 0 radical (unpaired) electrons. The number of nitrogens with zero attached hydrogens (tertiary/aromatic N) is 1. The van der Waals surface area contributed by atoms with Crippen LogP contribution in [0, 0.1) is 11.3 Å². The number of carbonyl (C=O) groups is 2. The molecule has 26 heavy (non-hydrogen) atoms. The summed E-state index contributed by atoms with van der Waals surface area (Å²) in [6.07, 6.45) is 1.36. The van der Waals surface area contributed by atoms with E-state index in [1.165, 1.54) is 42.5 Å². The molecule has 4 N–H and O–H groups in total. The van der Waals surface area contributed by atoms with E-state index in [1.54, 1.807) is 6.07 Å². The largest absolute Gasteiger partial charge is 0.508 e. The van der Waals surface area contributed by atoms with Gasteiger partial charge in [0.1, 0.15) is 23.1 Å². The first-order valence-corrected chi connectivity index (χ1v) is 7.69. The second kappa shape index (κ2) is 8.55. The molecule has 2 aromatic carbocycles. The molecule has 0 heterocycles. The Hall–Kier alpha value is -3.50. The molecule has 8 heteroatoms. The number of carbonyl (C=O) groups excluding carboxylic acids is 2. The number of anilines is 1. The summed E-state index contributed by atoms with van der Waals surface area (Å²) in [5.74, 6) is -0.923. The predicted molar refractivity (Wildman–Crippen MR) is 96.5 cm³/mol. The highest BCUT2D eigenvalue weighted by molar-refractivity contribution is 6.32. The number of phenols is 1. The zero-order valence-corrected chi connectivity index (χ0v) is 14.2. The predicted octanol–water partition coefficient (Wildman–Crippen LogP) is 2.46. The number of benzene rings is 2. The number of halogens is 1. The molecule has 2 aromatic rings. The maximum Gasteiger partial charge on any atom is 0.266 e. The van der Waals surface area contributed by atoms with Crippen LogP contribution in [0.5, 0.6) is 11.5 Å². The maximum atomic E-state index is 12.2. The van der Waals surface area contributed by atoms with Crippen LogP contribution in [0.1, 0.15) is 5.56 Å². The van der Waals surface area contributed by atoms with Crippen molar-refractivity contribution in [3.05, 3.63) is 58.6 Å². The van der Waals surface area contributed by atoms with E-state index < -0.39 is 11.8 Å². The molecule has 0 atom stereocenters. The van der Waals surface area contributed by atoms with E-state index >= 15 is 0 Å². The first-order valence-electron chi connectivity index (χ1n) is 7.32. The molecule has 0 spiro atoms. The number of ether oxygens (including phenoxy) is 1. The molecular weight excluding hydrogens is 358 g/mol. The number of hydrogen-bond acceptors (Lipinski definition) is 5. The number of aromatic hydroxyl groups is 1. The van der Waals surface area contributed by atoms with E-state index in [4.69, 9.17) is 22.1 Å². The van der Waals surface area contributed by atoms with Crippen LogP contribution >= 0.6 is 11.6 Å². The molecule has 0 bridgehead atoms. The Morgan fingerprint density at radius 1 is 1.27 bits per heavy atom. The van der Waals surface area contributed by atoms with Gasteiger partial charge in [0.2, 0.25) is 0 Å². The average Bonchev–Trinajstić information content (AvgIpc) is 2.60. The van der Waals surface area contributed by atoms with E-state index in [9.17, 15) is 20.0 Å². The van der Waals surface area contributed by atoms with Gasteiger partial charge in [0.05, 0.1) is 5.02 Å². The van der Waals surface area contributed by atoms with E-state index in [0.29, 0.717) is 11.3 Å². The third-order valence-electron chi connectivity index (χ3n) is 3.13. The molecule has 0 aliphatic rings. The van der Waals surface area contributed by atoms with Crippen molar-refractivity contribution in [2.45, 2.75) is 0 Å². The third kappa shape index (κ3) is 5.26. The monoisotopic (exact) mass is 371 g/mol. The van der Waals surface area contributed by atoms with Crippen LogP contribution in [0.3, 0.4) is 0 Å². The molecule has 0 saturated carbocycles. The number of nitriles is 1. The Bertz CT molecular complexity index is 902. The van der Waals surface area contributed by atoms with Gasteiger partial charge >= 0.3 is 0 Å². The van der Waals surface area contributed by atoms with Gasteiger partial charge in [-0.15, -0.1) is 0 Å². The molecule has 0 saturated heterocycles. The number of nitrogens with one attached hydrogen (secondary N) is 1. The fourth-order valence-corrected chi connectivity index (χ4v) is 2.17. The molecule has 0 aliphatic carbocycles. The fraction of sp³-hybridized carbons (Fsp3) is 0.0556. The minimum atomic E-state index is -0.636. The topological polar surface area (TPSA) is 125 Å². The SMILES string of the molecule is N#C/C(=C\c1ccc(OCC(N)=O)c(Cl)c1)C(=O)Nc1ccc(O)cc1. The number of hydrogen-bond donors (Lipinski definition) is 3. The average molecular weight is 372 g/mol. The van der Waals surface area contributed by atoms with Crippen molar-refractivity contribution in [2.75, 3.05) is 11.9 Å². The van der Waals surface area contributed by atoms with Crippen LogP contribution in [0.2, 0.25) is 5.02 Å². The van der Waals surface area contributed by atoms with E-state index in [1.807, 2.05) is 6.07 Å². The van der Waals surface area contributed by atoms with Crippen LogP contribution in [0.25, 0.3) is 6.08 Å². The van der Waals surface area contributed by atoms with Crippen molar-refractivity contribution in [3.63, 3.8) is 0 Å². The standard InChI is InChI=1S/C18H14ClN3O4/c19-15-8-11(1-6-16(15)26-10-17(21)24)7-12(9-20)18(25)22-13-2-4-14(23)5-3-13/h1-8,23H,10H2,(H2,21,24)(H,22,25)/b12-7+. The minimum absolute atomic E-state index is 0.0623. The van der Waals surface area contributed by atoms with E-state index in [2.05, 4.69) is 5.32 Å². The Labute approximate surface area is 154 Å². The summed E-state index contributed by atoms with van der Waals surface area (Å²) in [7, 11) is 0. The summed E-state index contributed by atoms with van der Waals surface area (Å²) in [5.41, 5.74) is 5.79. The second-order valence-electron chi connectivity index (χ2n) is 5.12. The van der Waals surface area contributed by atoms with Crippen molar-refractivity contribution in [1.82, 2.24) is 0 Å². The lowest BCUT2D eigenvalue weighted by atomic mass is 10.1. The minimum Gasteiger partial charge on any atom is -0.508 e. The van der Waals surface area contributed by atoms with Crippen molar-refractivity contribution < 1.29 is 19.4 Å². The van der Waals surface area contributed by atoms with Gasteiger partial charge in [-0.3, -0.25) is 9.59 Å². The Balaban J connectivity index is 2.15. The van der Waals surface area contributed by atoms with Gasteiger partial charge in [0.15, 0.2) is 6.61 Å². The van der Waals surface area contributed by atoms with E-state index in [0.717, 1.165) is 0 Å². The van der Waals surface area contributed by atoms with Gasteiger partial charge in [-0.05, 0) is 48.0 Å². The number of phenolic OH excluding ortho intramolecular Hbond substituents is 1. The Kier molecular flexibility index (Phi) is 6.20. The summed E-state index contributed by atoms with van der Waals surface area (Å²) in [6.45, 7) is -0.312. The zero-order valence-electron chi connectivity index (χ0n) is 13.4. The Morgan fingerprint density at radius 2 is 1.96 bits per heavy atom. The maximum absolute atomic E-state index is 12.2. The Morgan fingerprint density at radius 3 is 2.54 bits per heavy atom. The number of amides is 2. The first-order chi connectivity index (χ1) is 12.4. The molecule has 2 amide bonds. The van der Waals surface area contributed by atoms with Gasteiger partial charge < -0.3 is 20.9 Å². The lowest BCUT2D eigenvalue weighted by molar-refractivity contribution is -0.120. The van der Waals surface area contributed by atoms with Crippen LogP contribution in [0.15, 0.2) is 48.0 Å². The lowest BCUT2D eigenvalue weighted by Crippen LogP contribution is -2.20. The molecule has 7 nitrogen and oxygen atoms in total. The van der Waals surface area contributed by atoms with Crippen molar-refractivity contribution in [1.29, 1.82) is 5.26 Å². The fourth-order valence-electron chi connectivity index (χ4n) is 1.93. The quantitative estimate of drug-likeness (QED) is 0.408. The van der Waals surface area contributed by atoms with Crippen molar-refractivity contribution >= 4 is 35.2 Å². The zero-order chi connectivity index (χ0) is 19.1. The highest BCUT2D eigenvalue weighted by Gasteiger charge is 2.11. The van der Waals surface area contributed by atoms with Crippen molar-refractivity contribution in [2.24, 2.45) is 5.73 Å². The molecule has 132 valence electrons. The molecule has 0 fully saturated rings.